The summed E-state index contributed by atoms with van der Waals surface area (Å²) in [7, 11) is -2.01. The van der Waals surface area contributed by atoms with E-state index in [4.69, 9.17) is 19.1 Å². The van der Waals surface area contributed by atoms with E-state index in [2.05, 4.69) is 70.9 Å². The van der Waals surface area contributed by atoms with E-state index in [0.717, 1.165) is 47.8 Å². The highest BCUT2D eigenvalue weighted by molar-refractivity contribution is 6.84. The molecule has 160 valence electrons. The Morgan fingerprint density at radius 1 is 1.10 bits per heavy atom. The molecule has 0 bridgehead atoms. The second-order valence-corrected chi connectivity index (χ2v) is 15.2. The van der Waals surface area contributed by atoms with Crippen molar-refractivity contribution in [1.29, 1.82) is 0 Å². The fourth-order valence-electron chi connectivity index (χ4n) is 3.87. The van der Waals surface area contributed by atoms with Crippen LogP contribution in [0, 0.1) is 11.5 Å². The Labute approximate surface area is 181 Å². The van der Waals surface area contributed by atoms with Crippen LogP contribution in [-0.4, -0.2) is 42.8 Å². The van der Waals surface area contributed by atoms with E-state index in [-0.39, 0.29) is 6.23 Å². The highest BCUT2D eigenvalue weighted by Crippen LogP contribution is 2.37. The van der Waals surface area contributed by atoms with Gasteiger partial charge in [0.1, 0.15) is 8.07 Å². The summed E-state index contributed by atoms with van der Waals surface area (Å²) in [6.45, 7) is 15.9. The Hall–Kier alpha value is -1.59. The Morgan fingerprint density at radius 2 is 1.80 bits per heavy atom. The zero-order valence-corrected chi connectivity index (χ0v) is 20.3. The summed E-state index contributed by atoms with van der Waals surface area (Å²) >= 11 is 0. The number of fused-ring (bicyclic) bond motifs is 1. The van der Waals surface area contributed by atoms with Gasteiger partial charge in [0.25, 0.3) is 0 Å². The molecule has 0 N–H and O–H groups in total. The van der Waals surface area contributed by atoms with Crippen molar-refractivity contribution in [3.63, 3.8) is 0 Å². The van der Waals surface area contributed by atoms with Crippen LogP contribution in [0.25, 0.3) is 10.9 Å². The predicted octanol–water partition coefficient (Wildman–Crippen LogP) is 4.26. The molecule has 1 aromatic heterocycles. The van der Waals surface area contributed by atoms with Crippen LogP contribution < -0.4 is 5.46 Å². The number of aromatic nitrogens is 2. The Bertz CT molecular complexity index is 991. The molecule has 1 atom stereocenters. The van der Waals surface area contributed by atoms with Crippen molar-refractivity contribution < 1.29 is 14.0 Å². The molecule has 5 nitrogen and oxygen atoms in total. The van der Waals surface area contributed by atoms with Crippen molar-refractivity contribution in [2.75, 3.05) is 6.61 Å². The van der Waals surface area contributed by atoms with Gasteiger partial charge in [-0.2, -0.15) is 5.10 Å². The minimum Gasteiger partial charge on any atom is -0.399 e. The first-order valence-electron chi connectivity index (χ1n) is 11.0. The number of rotatable bonds is 2. The molecule has 2 saturated heterocycles. The van der Waals surface area contributed by atoms with Crippen molar-refractivity contribution in [2.24, 2.45) is 0 Å². The molecule has 2 aliphatic heterocycles. The second-order valence-electron chi connectivity index (χ2n) is 10.5. The highest BCUT2D eigenvalue weighted by atomic mass is 28.3. The van der Waals surface area contributed by atoms with E-state index in [1.54, 1.807) is 0 Å². The number of nitrogens with zero attached hydrogens (tertiary/aromatic N) is 2. The molecule has 2 fully saturated rings. The lowest BCUT2D eigenvalue weighted by Gasteiger charge is -2.32. The van der Waals surface area contributed by atoms with Crippen molar-refractivity contribution >= 4 is 31.6 Å². The van der Waals surface area contributed by atoms with Gasteiger partial charge in [0.05, 0.1) is 22.9 Å². The second kappa shape index (κ2) is 7.52. The molecule has 30 heavy (non-hydrogen) atoms. The molecule has 2 aromatic rings. The fraction of sp³-hybridized carbons (Fsp3) is 0.609. The van der Waals surface area contributed by atoms with Crippen molar-refractivity contribution in [1.82, 2.24) is 9.78 Å². The molecule has 2 aliphatic rings. The maximum absolute atomic E-state index is 6.44. The molecule has 1 aromatic carbocycles. The van der Waals surface area contributed by atoms with E-state index in [1.807, 2.05) is 10.9 Å². The van der Waals surface area contributed by atoms with Crippen LogP contribution in [-0.2, 0) is 14.0 Å². The first-order chi connectivity index (χ1) is 14.0. The van der Waals surface area contributed by atoms with Crippen LogP contribution in [0.5, 0.6) is 0 Å². The third-order valence-electron chi connectivity index (χ3n) is 6.31. The SMILES string of the molecule is CC1(C)OB(c2c(C#C[Si](C)(C)C)ccc3c2cnn3C2CCCCO2)OC1(C)C. The first-order valence-corrected chi connectivity index (χ1v) is 14.5. The summed E-state index contributed by atoms with van der Waals surface area (Å²) in [5.41, 5.74) is 5.68. The van der Waals surface area contributed by atoms with Crippen LogP contribution in [0.2, 0.25) is 19.6 Å². The maximum Gasteiger partial charge on any atom is 0.496 e. The average molecular weight is 424 g/mol. The highest BCUT2D eigenvalue weighted by Gasteiger charge is 2.52. The fourth-order valence-corrected chi connectivity index (χ4v) is 4.38. The van der Waals surface area contributed by atoms with E-state index >= 15 is 0 Å². The van der Waals surface area contributed by atoms with Crippen molar-refractivity contribution in [3.05, 3.63) is 23.9 Å². The molecule has 7 heteroatoms. The summed E-state index contributed by atoms with van der Waals surface area (Å²) in [4.78, 5) is 0. The summed E-state index contributed by atoms with van der Waals surface area (Å²) in [5, 5.41) is 5.75. The molecule has 3 heterocycles. The largest absolute Gasteiger partial charge is 0.496 e. The minimum atomic E-state index is -1.53. The van der Waals surface area contributed by atoms with Gasteiger partial charge >= 0.3 is 7.12 Å². The predicted molar refractivity (Wildman–Crippen MR) is 125 cm³/mol. The van der Waals surface area contributed by atoms with Gasteiger partial charge in [-0.15, -0.1) is 5.54 Å². The summed E-state index contributed by atoms with van der Waals surface area (Å²) in [6, 6.07) is 4.21. The lowest BCUT2D eigenvalue weighted by Crippen LogP contribution is -2.41. The molecule has 1 unspecified atom stereocenters. The Morgan fingerprint density at radius 3 is 2.40 bits per heavy atom. The third-order valence-corrected chi connectivity index (χ3v) is 7.19. The molecule has 4 rings (SSSR count). The lowest BCUT2D eigenvalue weighted by molar-refractivity contribution is -0.0366. The Balaban J connectivity index is 1.85. The molecule has 0 saturated carbocycles. The Kier molecular flexibility index (Phi) is 5.43. The number of hydrogen-bond donors (Lipinski definition) is 0. The van der Waals surface area contributed by atoms with Gasteiger partial charge in [0, 0.05) is 23.0 Å². The van der Waals surface area contributed by atoms with E-state index in [1.165, 1.54) is 0 Å². The van der Waals surface area contributed by atoms with Gasteiger partial charge in [-0.1, -0.05) is 25.6 Å². The van der Waals surface area contributed by atoms with Crippen LogP contribution in [0.3, 0.4) is 0 Å². The smallest absolute Gasteiger partial charge is 0.399 e. The summed E-state index contributed by atoms with van der Waals surface area (Å²) < 4.78 is 20.9. The topological polar surface area (TPSA) is 45.5 Å². The summed E-state index contributed by atoms with van der Waals surface area (Å²) in [6.07, 6.45) is 5.18. The molecule has 0 amide bonds. The van der Waals surface area contributed by atoms with E-state index in [0.29, 0.717) is 0 Å². The minimum absolute atomic E-state index is 0.0127. The van der Waals surface area contributed by atoms with Crippen LogP contribution in [0.1, 0.15) is 58.7 Å². The normalized spacial score (nSPS) is 23.4. The van der Waals surface area contributed by atoms with Crippen LogP contribution in [0.4, 0.5) is 0 Å². The van der Waals surface area contributed by atoms with Gasteiger partial charge in [0.2, 0.25) is 0 Å². The van der Waals surface area contributed by atoms with Crippen LogP contribution in [0.15, 0.2) is 18.3 Å². The zero-order chi connectivity index (χ0) is 21.7. The number of benzene rings is 1. The molecular weight excluding hydrogens is 391 g/mol. The molecule has 0 aliphatic carbocycles. The maximum atomic E-state index is 6.44. The van der Waals surface area contributed by atoms with Gasteiger partial charge in [-0.05, 0) is 59.1 Å². The monoisotopic (exact) mass is 424 g/mol. The molecule has 0 spiro atoms. The quantitative estimate of drug-likeness (QED) is 0.534. The van der Waals surface area contributed by atoms with E-state index in [9.17, 15) is 0 Å². The van der Waals surface area contributed by atoms with Gasteiger partial charge < -0.3 is 14.0 Å². The van der Waals surface area contributed by atoms with Crippen LogP contribution >= 0.6 is 0 Å². The number of hydrogen-bond acceptors (Lipinski definition) is 4. The lowest BCUT2D eigenvalue weighted by atomic mass is 9.74. The number of ether oxygens (including phenoxy) is 1. The van der Waals surface area contributed by atoms with Crippen molar-refractivity contribution in [3.8, 4) is 11.5 Å². The van der Waals surface area contributed by atoms with Crippen molar-refractivity contribution in [2.45, 2.75) is 84.0 Å². The van der Waals surface area contributed by atoms with Gasteiger partial charge in [-0.3, -0.25) is 0 Å². The zero-order valence-electron chi connectivity index (χ0n) is 19.3. The average Bonchev–Trinajstić information content (AvgIpc) is 3.17. The van der Waals surface area contributed by atoms with Gasteiger partial charge in [-0.25, -0.2) is 4.68 Å². The molecular formula is C23H33BN2O3Si. The van der Waals surface area contributed by atoms with E-state index < -0.39 is 26.4 Å². The standard InChI is InChI=1S/C23H33BN2O3Si/c1-22(2)23(3,4)29-24(28-22)21-17(13-15-30(5,6)7)11-12-19-18(21)16-25-26(19)20-10-8-9-14-27-20/h11-12,16,20H,8-10,14H2,1-7H3. The summed E-state index contributed by atoms with van der Waals surface area (Å²) in [5.74, 6) is 3.45. The molecule has 0 radical (unpaired) electrons. The van der Waals surface area contributed by atoms with Gasteiger partial charge in [0.15, 0.2) is 6.23 Å². The third kappa shape index (κ3) is 3.99. The first kappa shape index (κ1) is 21.6.